The zero-order valence-electron chi connectivity index (χ0n) is 12.9. The van der Waals surface area contributed by atoms with Crippen molar-refractivity contribution >= 4 is 17.7 Å². The van der Waals surface area contributed by atoms with Crippen molar-refractivity contribution in [3.63, 3.8) is 0 Å². The molecule has 0 unspecified atom stereocenters. The Morgan fingerprint density at radius 2 is 2.04 bits per heavy atom. The fourth-order valence-corrected chi connectivity index (χ4v) is 2.68. The molecule has 1 aromatic heterocycles. The molecule has 0 spiro atoms. The van der Waals surface area contributed by atoms with Gasteiger partial charge in [-0.1, -0.05) is 17.3 Å². The van der Waals surface area contributed by atoms with Crippen LogP contribution in [0.3, 0.4) is 0 Å². The van der Waals surface area contributed by atoms with Crippen molar-refractivity contribution in [1.29, 1.82) is 0 Å². The lowest BCUT2D eigenvalue weighted by atomic mass is 10.1. The molecule has 1 N–H and O–H groups in total. The van der Waals surface area contributed by atoms with Gasteiger partial charge in [0.15, 0.2) is 11.5 Å². The Morgan fingerprint density at radius 3 is 2.65 bits per heavy atom. The van der Waals surface area contributed by atoms with Gasteiger partial charge in [0.25, 0.3) is 0 Å². The minimum atomic E-state index is -1.15. The third-order valence-electron chi connectivity index (χ3n) is 3.85. The van der Waals surface area contributed by atoms with Crippen molar-refractivity contribution in [3.05, 3.63) is 36.0 Å². The van der Waals surface area contributed by atoms with Gasteiger partial charge in [-0.15, -0.1) is 0 Å². The number of benzene rings is 1. The highest BCUT2D eigenvalue weighted by atomic mass is 16.5. The molecule has 1 aliphatic rings. The molecular formula is C16H17N3O4. The fourth-order valence-electron chi connectivity index (χ4n) is 2.68. The molecule has 1 fully saturated rings. The van der Waals surface area contributed by atoms with E-state index in [1.165, 1.54) is 6.07 Å². The maximum atomic E-state index is 12.6. The molecule has 23 heavy (non-hydrogen) atoms. The van der Waals surface area contributed by atoms with Crippen molar-refractivity contribution in [2.75, 3.05) is 18.0 Å². The van der Waals surface area contributed by atoms with Gasteiger partial charge in [0, 0.05) is 30.8 Å². The van der Waals surface area contributed by atoms with Crippen LogP contribution >= 0.6 is 0 Å². The molecule has 0 saturated carbocycles. The summed E-state index contributed by atoms with van der Waals surface area (Å²) in [5.41, 5.74) is 1.17. The minimum absolute atomic E-state index is 0.0644. The Labute approximate surface area is 133 Å². The fraction of sp³-hybridized carbons (Fsp3) is 0.312. The van der Waals surface area contributed by atoms with Gasteiger partial charge in [-0.3, -0.25) is 4.90 Å². The number of carbonyl (C=O) groups excluding carboxylic acids is 1. The normalized spacial score (nSPS) is 14.8. The summed E-state index contributed by atoms with van der Waals surface area (Å²) in [7, 11) is 0. The molecule has 3 rings (SSSR count). The Morgan fingerprint density at radius 1 is 1.30 bits per heavy atom. The van der Waals surface area contributed by atoms with Crippen molar-refractivity contribution in [1.82, 2.24) is 10.1 Å². The average molecular weight is 315 g/mol. The Hall–Kier alpha value is -2.83. The van der Waals surface area contributed by atoms with Gasteiger partial charge in [0.05, 0.1) is 5.69 Å². The van der Waals surface area contributed by atoms with E-state index in [1.807, 2.05) is 32.0 Å². The number of hydrogen-bond acceptors (Lipinski definition) is 4. The van der Waals surface area contributed by atoms with Gasteiger partial charge in [0.1, 0.15) is 0 Å². The van der Waals surface area contributed by atoms with Crippen LogP contribution in [0.1, 0.15) is 24.3 Å². The summed E-state index contributed by atoms with van der Waals surface area (Å²) in [6.07, 6.45) is 0. The summed E-state index contributed by atoms with van der Waals surface area (Å²) in [5.74, 6) is -0.825. The molecule has 7 nitrogen and oxygen atoms in total. The van der Waals surface area contributed by atoms with E-state index in [0.717, 1.165) is 0 Å². The molecule has 2 aromatic rings. The van der Waals surface area contributed by atoms with Crippen LogP contribution in [-0.2, 0) is 0 Å². The first-order valence-electron chi connectivity index (χ1n) is 7.36. The number of anilines is 1. The molecule has 7 heteroatoms. The standard InChI is InChI=1S/C16H17N3O4/c1-10(2)18-7-8-19(16(18)22)13-6-4-3-5-11(13)14-9-12(15(20)21)17-23-14/h3-6,9-10H,7-8H2,1-2H3,(H,20,21). The maximum absolute atomic E-state index is 12.6. The summed E-state index contributed by atoms with van der Waals surface area (Å²) in [5, 5.41) is 12.5. The largest absolute Gasteiger partial charge is 0.476 e. The van der Waals surface area contributed by atoms with Gasteiger partial charge in [-0.05, 0) is 26.0 Å². The van der Waals surface area contributed by atoms with E-state index in [1.54, 1.807) is 15.9 Å². The summed E-state index contributed by atoms with van der Waals surface area (Å²) in [6.45, 7) is 5.18. The van der Waals surface area contributed by atoms with Crippen molar-refractivity contribution in [3.8, 4) is 11.3 Å². The van der Waals surface area contributed by atoms with E-state index in [4.69, 9.17) is 9.63 Å². The third kappa shape index (κ3) is 2.65. The highest BCUT2D eigenvalue weighted by molar-refractivity contribution is 5.98. The molecule has 1 aromatic carbocycles. The summed E-state index contributed by atoms with van der Waals surface area (Å²) in [6, 6.07) is 8.67. The van der Waals surface area contributed by atoms with Crippen LogP contribution in [0.15, 0.2) is 34.9 Å². The van der Waals surface area contributed by atoms with E-state index in [-0.39, 0.29) is 17.8 Å². The second kappa shape index (κ2) is 5.75. The first-order valence-corrected chi connectivity index (χ1v) is 7.36. The number of nitrogens with zero attached hydrogens (tertiary/aromatic N) is 3. The smallest absolute Gasteiger partial charge is 0.358 e. The minimum Gasteiger partial charge on any atom is -0.476 e. The number of carboxylic acid groups (broad SMARTS) is 1. The highest BCUT2D eigenvalue weighted by Crippen LogP contribution is 2.33. The molecule has 2 heterocycles. The molecule has 1 aliphatic heterocycles. The predicted molar refractivity (Wildman–Crippen MR) is 83.5 cm³/mol. The molecule has 1 saturated heterocycles. The van der Waals surface area contributed by atoms with Crippen LogP contribution in [0.2, 0.25) is 0 Å². The molecular weight excluding hydrogens is 298 g/mol. The van der Waals surface area contributed by atoms with Crippen LogP contribution in [0.25, 0.3) is 11.3 Å². The second-order valence-electron chi connectivity index (χ2n) is 5.62. The van der Waals surface area contributed by atoms with Crippen LogP contribution in [-0.4, -0.2) is 46.3 Å². The van der Waals surface area contributed by atoms with Crippen molar-refractivity contribution in [2.24, 2.45) is 0 Å². The van der Waals surface area contributed by atoms with E-state index in [9.17, 15) is 9.59 Å². The van der Waals surface area contributed by atoms with Crippen LogP contribution in [0.5, 0.6) is 0 Å². The van der Waals surface area contributed by atoms with Gasteiger partial charge in [0.2, 0.25) is 0 Å². The third-order valence-corrected chi connectivity index (χ3v) is 3.85. The zero-order chi connectivity index (χ0) is 16.6. The second-order valence-corrected chi connectivity index (χ2v) is 5.62. The quantitative estimate of drug-likeness (QED) is 0.937. The molecule has 0 atom stereocenters. The first-order chi connectivity index (χ1) is 11.0. The Balaban J connectivity index is 1.98. The van der Waals surface area contributed by atoms with Crippen LogP contribution in [0.4, 0.5) is 10.5 Å². The lowest BCUT2D eigenvalue weighted by molar-refractivity contribution is 0.0685. The number of carboxylic acids is 1. The van der Waals surface area contributed by atoms with Gasteiger partial charge >= 0.3 is 12.0 Å². The van der Waals surface area contributed by atoms with Gasteiger partial charge < -0.3 is 14.5 Å². The van der Waals surface area contributed by atoms with Crippen molar-refractivity contribution in [2.45, 2.75) is 19.9 Å². The summed E-state index contributed by atoms with van der Waals surface area (Å²) < 4.78 is 5.14. The number of aromatic carboxylic acids is 1. The van der Waals surface area contributed by atoms with E-state index in [0.29, 0.717) is 30.1 Å². The first kappa shape index (κ1) is 15.1. The van der Waals surface area contributed by atoms with E-state index >= 15 is 0 Å². The number of aromatic nitrogens is 1. The number of amides is 2. The highest BCUT2D eigenvalue weighted by Gasteiger charge is 2.32. The number of carbonyl (C=O) groups is 2. The number of hydrogen-bond donors (Lipinski definition) is 1. The van der Waals surface area contributed by atoms with E-state index in [2.05, 4.69) is 5.16 Å². The lowest BCUT2D eigenvalue weighted by Crippen LogP contribution is -2.36. The topological polar surface area (TPSA) is 86.9 Å². The maximum Gasteiger partial charge on any atom is 0.358 e. The molecule has 0 radical (unpaired) electrons. The molecule has 0 aliphatic carbocycles. The number of rotatable bonds is 4. The van der Waals surface area contributed by atoms with E-state index < -0.39 is 5.97 Å². The van der Waals surface area contributed by atoms with Crippen LogP contribution < -0.4 is 4.90 Å². The number of para-hydroxylation sites is 1. The van der Waals surface area contributed by atoms with Crippen molar-refractivity contribution < 1.29 is 19.2 Å². The number of urea groups is 1. The molecule has 2 amide bonds. The summed E-state index contributed by atoms with van der Waals surface area (Å²) in [4.78, 5) is 27.0. The zero-order valence-corrected chi connectivity index (χ0v) is 12.9. The lowest BCUT2D eigenvalue weighted by Gasteiger charge is -2.22. The predicted octanol–water partition coefficient (Wildman–Crippen LogP) is 2.69. The molecule has 120 valence electrons. The monoisotopic (exact) mass is 315 g/mol. The Bertz CT molecular complexity index is 753. The SMILES string of the molecule is CC(C)N1CCN(c2ccccc2-c2cc(C(=O)O)no2)C1=O. The van der Waals surface area contributed by atoms with Crippen LogP contribution in [0, 0.1) is 0 Å². The summed E-state index contributed by atoms with van der Waals surface area (Å²) >= 11 is 0. The molecule has 0 bridgehead atoms. The average Bonchev–Trinajstić information content (AvgIpc) is 3.14. The Kier molecular flexibility index (Phi) is 3.77. The van der Waals surface area contributed by atoms with Gasteiger partial charge in [-0.2, -0.15) is 0 Å². The van der Waals surface area contributed by atoms with Gasteiger partial charge in [-0.25, -0.2) is 9.59 Å².